The predicted molar refractivity (Wildman–Crippen MR) is 108 cm³/mol. The molecule has 0 radical (unpaired) electrons. The maximum atomic E-state index is 12.5. The van der Waals surface area contributed by atoms with Gasteiger partial charge in [-0.1, -0.05) is 63.2 Å². The van der Waals surface area contributed by atoms with Crippen LogP contribution in [0.15, 0.2) is 59.5 Å². The van der Waals surface area contributed by atoms with E-state index in [0.29, 0.717) is 0 Å². The molecule has 2 rings (SSSR count). The van der Waals surface area contributed by atoms with Crippen LogP contribution in [0.1, 0.15) is 44.9 Å². The van der Waals surface area contributed by atoms with Crippen LogP contribution < -0.4 is 5.32 Å². The van der Waals surface area contributed by atoms with E-state index < -0.39 is 10.0 Å². The Morgan fingerprint density at radius 3 is 2.11 bits per heavy atom. The van der Waals surface area contributed by atoms with E-state index in [2.05, 4.69) is 38.2 Å². The standard InChI is InChI=1S/C21H28N2O3S/c1-16(17-11-13-18(14-12-17)21(2,3)4)22-20(24)15-23(5)27(25,26)19-9-7-6-8-10-19/h6-14,16H,15H2,1-5H3,(H,22,24)/t16-/m0/s1. The molecule has 2 aromatic rings. The summed E-state index contributed by atoms with van der Waals surface area (Å²) >= 11 is 0. The zero-order valence-electron chi connectivity index (χ0n) is 16.6. The van der Waals surface area contributed by atoms with Crippen molar-refractivity contribution >= 4 is 15.9 Å². The minimum atomic E-state index is -3.68. The maximum absolute atomic E-state index is 12.5. The van der Waals surface area contributed by atoms with E-state index in [1.807, 2.05) is 19.1 Å². The van der Waals surface area contributed by atoms with Crippen molar-refractivity contribution in [1.29, 1.82) is 0 Å². The summed E-state index contributed by atoms with van der Waals surface area (Å²) in [5.41, 5.74) is 2.27. The number of nitrogens with zero attached hydrogens (tertiary/aromatic N) is 1. The second kappa shape index (κ2) is 8.23. The van der Waals surface area contributed by atoms with E-state index in [9.17, 15) is 13.2 Å². The molecule has 6 heteroatoms. The van der Waals surface area contributed by atoms with Crippen molar-refractivity contribution in [2.45, 2.75) is 44.0 Å². The first kappa shape index (κ1) is 21.1. The van der Waals surface area contributed by atoms with Crippen LogP contribution in [0.4, 0.5) is 0 Å². The summed E-state index contributed by atoms with van der Waals surface area (Å²) in [4.78, 5) is 12.5. The van der Waals surface area contributed by atoms with Gasteiger partial charge in [0.2, 0.25) is 15.9 Å². The third kappa shape index (κ3) is 5.40. The zero-order chi connectivity index (χ0) is 20.2. The van der Waals surface area contributed by atoms with Crippen LogP contribution in [-0.2, 0) is 20.2 Å². The number of carbonyl (C=O) groups is 1. The second-order valence-electron chi connectivity index (χ2n) is 7.74. The summed E-state index contributed by atoms with van der Waals surface area (Å²) in [5.74, 6) is -0.343. The summed E-state index contributed by atoms with van der Waals surface area (Å²) in [6.45, 7) is 8.10. The molecule has 0 saturated carbocycles. The molecule has 146 valence electrons. The summed E-state index contributed by atoms with van der Waals surface area (Å²) in [5, 5.41) is 2.86. The van der Waals surface area contributed by atoms with Gasteiger partial charge in [0.15, 0.2) is 0 Å². The Morgan fingerprint density at radius 2 is 1.59 bits per heavy atom. The lowest BCUT2D eigenvalue weighted by Gasteiger charge is -2.21. The quantitative estimate of drug-likeness (QED) is 0.824. The molecule has 2 aromatic carbocycles. The highest BCUT2D eigenvalue weighted by atomic mass is 32.2. The minimum Gasteiger partial charge on any atom is -0.348 e. The first-order valence-electron chi connectivity index (χ1n) is 8.93. The van der Waals surface area contributed by atoms with Gasteiger partial charge >= 0.3 is 0 Å². The highest BCUT2D eigenvalue weighted by Crippen LogP contribution is 2.24. The number of hydrogen-bond donors (Lipinski definition) is 1. The summed E-state index contributed by atoms with van der Waals surface area (Å²) in [7, 11) is -2.28. The van der Waals surface area contributed by atoms with Crippen molar-refractivity contribution in [1.82, 2.24) is 9.62 Å². The number of benzene rings is 2. The Bertz CT molecular complexity index is 870. The monoisotopic (exact) mass is 388 g/mol. The smallest absolute Gasteiger partial charge is 0.243 e. The molecule has 1 amide bonds. The lowest BCUT2D eigenvalue weighted by atomic mass is 9.86. The van der Waals surface area contributed by atoms with Gasteiger partial charge < -0.3 is 5.32 Å². The van der Waals surface area contributed by atoms with Crippen LogP contribution in [0, 0.1) is 0 Å². The molecule has 0 saturated heterocycles. The van der Waals surface area contributed by atoms with Crippen molar-refractivity contribution in [2.24, 2.45) is 0 Å². The maximum Gasteiger partial charge on any atom is 0.243 e. The lowest BCUT2D eigenvalue weighted by molar-refractivity contribution is -0.121. The van der Waals surface area contributed by atoms with E-state index in [4.69, 9.17) is 0 Å². The van der Waals surface area contributed by atoms with Gasteiger partial charge in [-0.25, -0.2) is 8.42 Å². The van der Waals surface area contributed by atoms with Crippen LogP contribution in [-0.4, -0.2) is 32.2 Å². The third-order valence-electron chi connectivity index (χ3n) is 4.47. The van der Waals surface area contributed by atoms with Crippen LogP contribution in [0.2, 0.25) is 0 Å². The van der Waals surface area contributed by atoms with Gasteiger partial charge in [0.1, 0.15) is 0 Å². The highest BCUT2D eigenvalue weighted by molar-refractivity contribution is 7.89. The molecule has 0 spiro atoms. The molecule has 0 aliphatic rings. The topological polar surface area (TPSA) is 66.5 Å². The molecule has 0 aliphatic heterocycles. The van der Waals surface area contributed by atoms with Crippen LogP contribution in [0.5, 0.6) is 0 Å². The van der Waals surface area contributed by atoms with Crippen LogP contribution in [0.25, 0.3) is 0 Å². The number of carbonyl (C=O) groups excluding carboxylic acids is 1. The van der Waals surface area contributed by atoms with E-state index in [0.717, 1.165) is 9.87 Å². The molecule has 0 fully saturated rings. The first-order valence-corrected chi connectivity index (χ1v) is 10.4. The van der Waals surface area contributed by atoms with Gasteiger partial charge in [-0.2, -0.15) is 4.31 Å². The van der Waals surface area contributed by atoms with Gasteiger partial charge in [0.25, 0.3) is 0 Å². The average Bonchev–Trinajstić information content (AvgIpc) is 2.61. The van der Waals surface area contributed by atoms with Crippen molar-refractivity contribution in [3.63, 3.8) is 0 Å². The highest BCUT2D eigenvalue weighted by Gasteiger charge is 2.23. The number of hydrogen-bond acceptors (Lipinski definition) is 3. The number of rotatable bonds is 6. The SMILES string of the molecule is C[C@H](NC(=O)CN(C)S(=O)(=O)c1ccccc1)c1ccc(C(C)(C)C)cc1. The number of likely N-dealkylation sites (N-methyl/N-ethyl adjacent to an activating group) is 1. The molecule has 0 aromatic heterocycles. The summed E-state index contributed by atoms with van der Waals surface area (Å²) < 4.78 is 26.1. The van der Waals surface area contributed by atoms with Crippen LogP contribution in [0.3, 0.4) is 0 Å². The van der Waals surface area contributed by atoms with Crippen molar-refractivity contribution < 1.29 is 13.2 Å². The normalized spacial score (nSPS) is 13.4. The lowest BCUT2D eigenvalue weighted by Crippen LogP contribution is -2.39. The van der Waals surface area contributed by atoms with Gasteiger partial charge in [-0.05, 0) is 35.6 Å². The van der Waals surface area contributed by atoms with Gasteiger partial charge in [-0.15, -0.1) is 0 Å². The Kier molecular flexibility index (Phi) is 6.44. The Morgan fingerprint density at radius 1 is 1.04 bits per heavy atom. The molecular formula is C21H28N2O3S. The summed E-state index contributed by atoms with van der Waals surface area (Å²) in [6, 6.07) is 16.0. The van der Waals surface area contributed by atoms with E-state index in [-0.39, 0.29) is 28.8 Å². The Labute approximate surface area is 162 Å². The largest absolute Gasteiger partial charge is 0.348 e. The fraction of sp³-hybridized carbons (Fsp3) is 0.381. The van der Waals surface area contributed by atoms with E-state index >= 15 is 0 Å². The summed E-state index contributed by atoms with van der Waals surface area (Å²) in [6.07, 6.45) is 0. The predicted octanol–water partition coefficient (Wildman–Crippen LogP) is 3.48. The molecule has 27 heavy (non-hydrogen) atoms. The van der Waals surface area contributed by atoms with E-state index in [1.165, 1.54) is 24.7 Å². The van der Waals surface area contributed by atoms with Gasteiger partial charge in [0, 0.05) is 7.05 Å². The average molecular weight is 389 g/mol. The molecule has 0 heterocycles. The molecule has 0 unspecified atom stereocenters. The number of amides is 1. The van der Waals surface area contributed by atoms with E-state index in [1.54, 1.807) is 18.2 Å². The van der Waals surface area contributed by atoms with Crippen LogP contribution >= 0.6 is 0 Å². The second-order valence-corrected chi connectivity index (χ2v) is 9.78. The molecule has 1 atom stereocenters. The van der Waals surface area contributed by atoms with Crippen molar-refractivity contribution in [3.8, 4) is 0 Å². The molecule has 0 bridgehead atoms. The van der Waals surface area contributed by atoms with Crippen molar-refractivity contribution in [2.75, 3.05) is 13.6 Å². The Balaban J connectivity index is 2.00. The molecule has 0 aliphatic carbocycles. The zero-order valence-corrected chi connectivity index (χ0v) is 17.4. The third-order valence-corrected chi connectivity index (χ3v) is 6.29. The molecular weight excluding hydrogens is 360 g/mol. The fourth-order valence-corrected chi connectivity index (χ4v) is 3.85. The molecule has 1 N–H and O–H groups in total. The first-order chi connectivity index (χ1) is 12.5. The number of nitrogens with one attached hydrogen (secondary N) is 1. The fourth-order valence-electron chi connectivity index (χ4n) is 2.70. The Hall–Kier alpha value is -2.18. The minimum absolute atomic E-state index is 0.0690. The number of sulfonamides is 1. The molecule has 5 nitrogen and oxygen atoms in total. The van der Waals surface area contributed by atoms with Crippen molar-refractivity contribution in [3.05, 3.63) is 65.7 Å². The van der Waals surface area contributed by atoms with Gasteiger partial charge in [-0.3, -0.25) is 4.79 Å². The van der Waals surface area contributed by atoms with Gasteiger partial charge in [0.05, 0.1) is 17.5 Å².